The lowest BCUT2D eigenvalue weighted by Gasteiger charge is -2.37. The van der Waals surface area contributed by atoms with E-state index < -0.39 is 0 Å². The minimum Gasteiger partial charge on any atom is -0.346 e. The molecule has 1 unspecified atom stereocenters. The number of hydrogen-bond donors (Lipinski definition) is 0. The molecule has 1 fully saturated rings. The average Bonchev–Trinajstić information content (AvgIpc) is 2.91. The van der Waals surface area contributed by atoms with Crippen molar-refractivity contribution in [1.82, 2.24) is 9.88 Å². The Hall–Kier alpha value is -0.940. The van der Waals surface area contributed by atoms with Crippen molar-refractivity contribution >= 4 is 22.3 Å². The summed E-state index contributed by atoms with van der Waals surface area (Å²) in [5.74, 6) is 0.340. The van der Waals surface area contributed by atoms with Gasteiger partial charge in [-0.2, -0.15) is 0 Å². The first kappa shape index (κ1) is 12.5. The van der Waals surface area contributed by atoms with Crippen molar-refractivity contribution < 1.29 is 4.79 Å². The number of Topliss-reactive ketones (excluding diaryl/α,β-unsaturated/α-hetero) is 1. The van der Waals surface area contributed by atoms with Gasteiger partial charge >= 0.3 is 0 Å². The maximum absolute atomic E-state index is 11.7. The third-order valence-corrected chi connectivity index (χ3v) is 4.20. The molecule has 0 aliphatic carbocycles. The number of hydrogen-bond acceptors (Lipinski definition) is 5. The van der Waals surface area contributed by atoms with Crippen LogP contribution in [0.5, 0.6) is 0 Å². The van der Waals surface area contributed by atoms with Crippen LogP contribution in [0.25, 0.3) is 0 Å². The fourth-order valence-electron chi connectivity index (χ4n) is 2.17. The van der Waals surface area contributed by atoms with E-state index in [-0.39, 0.29) is 6.04 Å². The van der Waals surface area contributed by atoms with Gasteiger partial charge in [-0.15, -0.1) is 11.3 Å². The van der Waals surface area contributed by atoms with Crippen LogP contribution in [0.15, 0.2) is 11.6 Å². The van der Waals surface area contributed by atoms with Gasteiger partial charge in [0.25, 0.3) is 0 Å². The SMILES string of the molecule is CCC(=O)C(C)N1CCN(c2nccs2)CC1. The number of nitrogens with zero attached hydrogens (tertiary/aromatic N) is 3. The molecule has 0 bridgehead atoms. The number of rotatable bonds is 4. The summed E-state index contributed by atoms with van der Waals surface area (Å²) in [5, 5.41) is 3.10. The predicted molar refractivity (Wildman–Crippen MR) is 70.7 cm³/mol. The van der Waals surface area contributed by atoms with E-state index in [4.69, 9.17) is 0 Å². The molecule has 0 radical (unpaired) electrons. The quantitative estimate of drug-likeness (QED) is 0.817. The highest BCUT2D eigenvalue weighted by molar-refractivity contribution is 7.13. The van der Waals surface area contributed by atoms with E-state index in [0.29, 0.717) is 12.2 Å². The minimum absolute atomic E-state index is 0.0680. The summed E-state index contributed by atoms with van der Waals surface area (Å²) >= 11 is 1.68. The Morgan fingerprint density at radius 3 is 2.71 bits per heavy atom. The molecule has 5 heteroatoms. The normalized spacial score (nSPS) is 19.3. The molecule has 1 aliphatic heterocycles. The molecule has 17 heavy (non-hydrogen) atoms. The summed E-state index contributed by atoms with van der Waals surface area (Å²) in [6.45, 7) is 7.79. The first-order valence-electron chi connectivity index (χ1n) is 6.13. The molecule has 2 rings (SSSR count). The van der Waals surface area contributed by atoms with Gasteiger partial charge < -0.3 is 4.90 Å². The highest BCUT2D eigenvalue weighted by Gasteiger charge is 2.25. The second kappa shape index (κ2) is 5.60. The van der Waals surface area contributed by atoms with Crippen LogP contribution in [0.3, 0.4) is 0 Å². The van der Waals surface area contributed by atoms with Gasteiger partial charge in [0.15, 0.2) is 5.13 Å². The fourth-order valence-corrected chi connectivity index (χ4v) is 2.87. The molecule has 0 aromatic carbocycles. The van der Waals surface area contributed by atoms with Crippen molar-refractivity contribution in [3.05, 3.63) is 11.6 Å². The maximum Gasteiger partial charge on any atom is 0.185 e. The standard InChI is InChI=1S/C12H19N3OS/c1-3-11(16)10(2)14-5-7-15(8-6-14)12-13-4-9-17-12/h4,9-10H,3,5-8H2,1-2H3. The Balaban J connectivity index is 1.88. The van der Waals surface area contributed by atoms with E-state index in [1.165, 1.54) is 0 Å². The molecule has 1 aromatic rings. The number of piperazine rings is 1. The van der Waals surface area contributed by atoms with Gasteiger partial charge in [0.05, 0.1) is 6.04 Å². The number of thiazole rings is 1. The largest absolute Gasteiger partial charge is 0.346 e. The van der Waals surface area contributed by atoms with Gasteiger partial charge in [-0.1, -0.05) is 6.92 Å². The molecule has 0 saturated carbocycles. The Morgan fingerprint density at radius 2 is 2.18 bits per heavy atom. The third kappa shape index (κ3) is 2.84. The highest BCUT2D eigenvalue weighted by Crippen LogP contribution is 2.19. The number of ketones is 1. The molecular formula is C12H19N3OS. The van der Waals surface area contributed by atoms with Crippen molar-refractivity contribution in [3.8, 4) is 0 Å². The first-order chi connectivity index (χ1) is 8.22. The predicted octanol–water partition coefficient (Wildman–Crippen LogP) is 1.63. The Labute approximate surface area is 106 Å². The van der Waals surface area contributed by atoms with Gasteiger partial charge in [0, 0.05) is 44.2 Å². The minimum atomic E-state index is 0.0680. The third-order valence-electron chi connectivity index (χ3n) is 3.37. The van der Waals surface area contributed by atoms with E-state index in [1.54, 1.807) is 11.3 Å². The molecule has 1 atom stereocenters. The lowest BCUT2D eigenvalue weighted by Crippen LogP contribution is -2.51. The topological polar surface area (TPSA) is 36.4 Å². The molecular weight excluding hydrogens is 234 g/mol. The second-order valence-corrected chi connectivity index (χ2v) is 5.21. The van der Waals surface area contributed by atoms with E-state index in [0.717, 1.165) is 31.3 Å². The molecule has 0 spiro atoms. The highest BCUT2D eigenvalue weighted by atomic mass is 32.1. The van der Waals surface area contributed by atoms with Crippen LogP contribution in [0.4, 0.5) is 5.13 Å². The van der Waals surface area contributed by atoms with Crippen LogP contribution < -0.4 is 4.90 Å². The average molecular weight is 253 g/mol. The van der Waals surface area contributed by atoms with E-state index in [1.807, 2.05) is 25.4 Å². The summed E-state index contributed by atoms with van der Waals surface area (Å²) < 4.78 is 0. The van der Waals surface area contributed by atoms with Crippen LogP contribution >= 0.6 is 11.3 Å². The zero-order valence-corrected chi connectivity index (χ0v) is 11.2. The lowest BCUT2D eigenvalue weighted by molar-refractivity contribution is -0.123. The Morgan fingerprint density at radius 1 is 1.47 bits per heavy atom. The van der Waals surface area contributed by atoms with Crippen LogP contribution in [0.2, 0.25) is 0 Å². The second-order valence-electron chi connectivity index (χ2n) is 4.33. The van der Waals surface area contributed by atoms with E-state index in [9.17, 15) is 4.79 Å². The van der Waals surface area contributed by atoms with Gasteiger partial charge in [-0.05, 0) is 6.92 Å². The summed E-state index contributed by atoms with van der Waals surface area (Å²) in [6.07, 6.45) is 2.48. The number of aromatic nitrogens is 1. The van der Waals surface area contributed by atoms with Crippen molar-refractivity contribution in [2.75, 3.05) is 31.1 Å². The van der Waals surface area contributed by atoms with E-state index in [2.05, 4.69) is 14.8 Å². The van der Waals surface area contributed by atoms with E-state index >= 15 is 0 Å². The Kier molecular flexibility index (Phi) is 4.12. The summed E-state index contributed by atoms with van der Waals surface area (Å²) in [7, 11) is 0. The van der Waals surface area contributed by atoms with Gasteiger partial charge in [0.1, 0.15) is 5.78 Å². The van der Waals surface area contributed by atoms with Crippen molar-refractivity contribution in [2.24, 2.45) is 0 Å². The van der Waals surface area contributed by atoms with Crippen molar-refractivity contribution in [3.63, 3.8) is 0 Å². The molecule has 0 N–H and O–H groups in total. The van der Waals surface area contributed by atoms with Crippen molar-refractivity contribution in [1.29, 1.82) is 0 Å². The molecule has 1 saturated heterocycles. The monoisotopic (exact) mass is 253 g/mol. The molecule has 0 amide bonds. The summed E-state index contributed by atoms with van der Waals surface area (Å²) in [5.41, 5.74) is 0. The van der Waals surface area contributed by atoms with Crippen LogP contribution in [-0.2, 0) is 4.79 Å². The zero-order valence-electron chi connectivity index (χ0n) is 10.4. The summed E-state index contributed by atoms with van der Waals surface area (Å²) in [4.78, 5) is 20.5. The van der Waals surface area contributed by atoms with Crippen LogP contribution in [-0.4, -0.2) is 47.9 Å². The smallest absolute Gasteiger partial charge is 0.185 e. The fraction of sp³-hybridized carbons (Fsp3) is 0.667. The summed E-state index contributed by atoms with van der Waals surface area (Å²) in [6, 6.07) is 0.0680. The molecule has 94 valence electrons. The van der Waals surface area contributed by atoms with Crippen LogP contribution in [0, 0.1) is 0 Å². The molecule has 1 aliphatic rings. The molecule has 1 aromatic heterocycles. The number of carbonyl (C=O) groups is 1. The first-order valence-corrected chi connectivity index (χ1v) is 7.01. The zero-order chi connectivity index (χ0) is 12.3. The Bertz CT molecular complexity index is 358. The number of anilines is 1. The lowest BCUT2D eigenvalue weighted by atomic mass is 10.1. The van der Waals surface area contributed by atoms with Gasteiger partial charge in [-0.25, -0.2) is 4.98 Å². The van der Waals surface area contributed by atoms with Crippen molar-refractivity contribution in [2.45, 2.75) is 26.3 Å². The van der Waals surface area contributed by atoms with Gasteiger partial charge in [-0.3, -0.25) is 9.69 Å². The molecule has 2 heterocycles. The maximum atomic E-state index is 11.7. The molecule has 4 nitrogen and oxygen atoms in total. The van der Waals surface area contributed by atoms with Gasteiger partial charge in [0.2, 0.25) is 0 Å². The van der Waals surface area contributed by atoms with Crippen LogP contribution in [0.1, 0.15) is 20.3 Å². The number of carbonyl (C=O) groups excluding carboxylic acids is 1.